The molecule has 0 spiro atoms. The van der Waals surface area contributed by atoms with E-state index in [1.54, 1.807) is 13.8 Å². The standard InChI is InChI=1S/C9H21ClO3Si.2C8H19ClO2Si.C7H17ClOSi.2C4H8O.2C2H5O.4CH4.2CH3.4ClH.HI.4Mg/c1-4-11-14(12-5-2,13-6-3)9-7-8-10;2*1-4-10-12(3,11-5-2)8-6-7-9;1-4-9-10(2,3)7-5-6-8;2*1-2-4-5-3-1;2*1-2-3;;;;;;;;;;;;;;;/h4-9H2,1-3H3;2*4-8H2,1-3H3;4-7H2,1-3H3;2*1-4H2;2*2H2,1H3;4*1H4;2*1H3;5*1H;;;;/q;;;;;;2*-1;;;;;2*-1;;;;;;4*+2/p-4. The zero-order chi connectivity index (χ0) is 50.3. The molecule has 0 aliphatic carbocycles. The van der Waals surface area contributed by atoms with Crippen LogP contribution in [0.5, 0.6) is 0 Å². The molecule has 0 aromatic rings. The molecule has 0 bridgehead atoms. The largest absolute Gasteiger partial charge is 2.00 e. The minimum Gasteiger partial charge on any atom is -1.00 e. The van der Waals surface area contributed by atoms with Gasteiger partial charge < -0.3 is 120 Å². The van der Waals surface area contributed by atoms with Crippen LogP contribution in [0.1, 0.15) is 150 Å². The van der Waals surface area contributed by atoms with Crippen LogP contribution in [0.25, 0.3) is 0 Å². The molecular formula is C50H125Cl8IMg4O12Si4. The van der Waals surface area contributed by atoms with E-state index in [2.05, 4.69) is 33.1 Å². The molecule has 0 radical (unpaired) electrons. The van der Waals surface area contributed by atoms with Gasteiger partial charge in [-0.05, 0) is 151 Å². The number of halogens is 9. The van der Waals surface area contributed by atoms with Crippen LogP contribution in [0.2, 0.25) is 50.4 Å². The number of alkyl halides is 4. The van der Waals surface area contributed by atoms with Crippen LogP contribution in [0, 0.1) is 14.9 Å². The molecule has 2 rings (SSSR count). The minimum atomic E-state index is -2.40. The van der Waals surface area contributed by atoms with Gasteiger partial charge in [-0.15, -0.1) is 83.6 Å². The van der Waals surface area contributed by atoms with Crippen molar-refractivity contribution in [2.24, 2.45) is 0 Å². The first-order valence-electron chi connectivity index (χ1n) is 24.2. The third-order valence-corrected chi connectivity index (χ3v) is 21.1. The van der Waals surface area contributed by atoms with Crippen molar-refractivity contribution in [3.8, 4) is 0 Å². The van der Waals surface area contributed by atoms with Crippen LogP contribution in [-0.2, 0) is 44.9 Å². The molecule has 2 heterocycles. The summed E-state index contributed by atoms with van der Waals surface area (Å²) in [5.41, 5.74) is 0. The molecule has 2 aliphatic rings. The van der Waals surface area contributed by atoms with Gasteiger partial charge in [0.15, 0.2) is 8.32 Å². The van der Waals surface area contributed by atoms with E-state index in [-0.39, 0.29) is 224 Å². The monoisotopic (exact) mass is 1530 g/mol. The first kappa shape index (κ1) is 147. The summed E-state index contributed by atoms with van der Waals surface area (Å²) in [6.45, 7) is 37.5. The fraction of sp³-hybridized carbons (Fsp3) is 0.960. The van der Waals surface area contributed by atoms with Gasteiger partial charge in [0, 0.05) is 109 Å². The molecular weight excluding hydrogens is 1410 g/mol. The molecule has 2 fully saturated rings. The van der Waals surface area contributed by atoms with Gasteiger partial charge in [0.05, 0.1) is 0 Å². The number of hydrogen-bond acceptors (Lipinski definition) is 12. The average molecular weight is 1540 g/mol. The van der Waals surface area contributed by atoms with E-state index in [9.17, 15) is 0 Å². The maximum atomic E-state index is 8.93. The van der Waals surface area contributed by atoms with Gasteiger partial charge in [-0.25, -0.2) is 0 Å². The molecule has 0 amide bonds. The van der Waals surface area contributed by atoms with Crippen molar-refractivity contribution in [2.75, 3.05) is 116 Å². The van der Waals surface area contributed by atoms with Crippen molar-refractivity contribution < 1.29 is 105 Å². The molecule has 0 saturated carbocycles. The zero-order valence-electron chi connectivity index (χ0n) is 50.4. The van der Waals surface area contributed by atoms with Crippen LogP contribution in [0.4, 0.5) is 0 Å². The zero-order valence-corrected chi connectivity index (χ0v) is 68.4. The SMILES string of the molecule is C.C.C.C.C1CCOC1.C1CCOC1.CCO[Si](C)(C)CCCCl.CCO[Si](C)(CCCCl)OCC.CCO[Si](C)(CCCCl)OCC.CCO[Si](CCCCl)(OCC)OCC.CC[O-].CC[O-].I.[CH3-].[CH3-].[Cl-].[Cl-].[Cl-].[Cl-].[Mg+2].[Mg+2].[Mg+2].[Mg+2]. The van der Waals surface area contributed by atoms with Crippen molar-refractivity contribution in [1.29, 1.82) is 0 Å². The van der Waals surface area contributed by atoms with E-state index in [1.807, 2.05) is 48.5 Å². The second-order valence-corrected chi connectivity index (χ2v) is 29.8. The van der Waals surface area contributed by atoms with Crippen LogP contribution in [-0.4, -0.2) is 242 Å². The Morgan fingerprint density at radius 2 is 0.557 bits per heavy atom. The predicted octanol–water partition coefficient (Wildman–Crippen LogP) is 1.92. The van der Waals surface area contributed by atoms with E-state index in [0.29, 0.717) is 37.5 Å². The summed E-state index contributed by atoms with van der Waals surface area (Å²) in [7, 11) is -7.42. The van der Waals surface area contributed by atoms with Crippen LogP contribution in [0.15, 0.2) is 0 Å². The Morgan fingerprint density at radius 3 is 0.722 bits per heavy atom. The van der Waals surface area contributed by atoms with Gasteiger partial charge in [0.25, 0.3) is 0 Å². The molecule has 484 valence electrons. The van der Waals surface area contributed by atoms with Gasteiger partial charge >= 0.3 is 118 Å². The summed E-state index contributed by atoms with van der Waals surface area (Å²) in [6, 6.07) is 3.99. The normalized spacial score (nSPS) is 10.8. The van der Waals surface area contributed by atoms with Crippen LogP contribution >= 0.6 is 70.4 Å². The molecule has 29 heteroatoms. The van der Waals surface area contributed by atoms with Gasteiger partial charge in [-0.2, -0.15) is 0 Å². The average Bonchev–Trinajstić information content (AvgIpc) is 4.04. The fourth-order valence-corrected chi connectivity index (χ4v) is 16.5. The Kier molecular flexibility index (Phi) is 220. The van der Waals surface area contributed by atoms with Gasteiger partial charge in [0.2, 0.25) is 0 Å². The number of ether oxygens (including phenoxy) is 2. The molecule has 2 saturated heterocycles. The van der Waals surface area contributed by atoms with Crippen molar-refractivity contribution in [1.82, 2.24) is 0 Å². The van der Waals surface area contributed by atoms with Gasteiger partial charge in [0.1, 0.15) is 0 Å². The van der Waals surface area contributed by atoms with Gasteiger partial charge in [-0.3, -0.25) is 0 Å². The summed E-state index contributed by atoms with van der Waals surface area (Å²) in [4.78, 5) is 0. The van der Waals surface area contributed by atoms with E-state index in [0.717, 1.165) is 109 Å². The van der Waals surface area contributed by atoms with Gasteiger partial charge in [-0.1, -0.05) is 43.6 Å². The Hall–Kier alpha value is 6.50. The third kappa shape index (κ3) is 123. The van der Waals surface area contributed by atoms with Crippen molar-refractivity contribution >= 4 is 197 Å². The first-order valence-corrected chi connectivity index (χ1v) is 36.5. The molecule has 0 atom stereocenters. The quantitative estimate of drug-likeness (QED) is 0.0490. The maximum absolute atomic E-state index is 8.93. The van der Waals surface area contributed by atoms with Crippen molar-refractivity contribution in [2.45, 2.75) is 201 Å². The predicted molar refractivity (Wildman–Crippen MR) is 359 cm³/mol. The van der Waals surface area contributed by atoms with Crippen molar-refractivity contribution in [3.63, 3.8) is 0 Å². The molecule has 79 heavy (non-hydrogen) atoms. The summed E-state index contributed by atoms with van der Waals surface area (Å²) < 4.78 is 55.0. The Balaban J connectivity index is -0.0000000258. The Bertz CT molecular complexity index is 801. The molecule has 0 aromatic carbocycles. The molecule has 0 unspecified atom stereocenters. The summed E-state index contributed by atoms with van der Waals surface area (Å²) >= 11 is 22.5. The van der Waals surface area contributed by atoms with E-state index >= 15 is 0 Å². The molecule has 0 aromatic heterocycles. The maximum Gasteiger partial charge on any atom is 2.00 e. The molecule has 0 N–H and O–H groups in total. The Morgan fingerprint density at radius 1 is 0.367 bits per heavy atom. The fourth-order valence-electron chi connectivity index (χ4n) is 5.63. The summed E-state index contributed by atoms with van der Waals surface area (Å²) in [5, 5.41) is 17.9. The Labute approximate surface area is 625 Å². The van der Waals surface area contributed by atoms with E-state index in [1.165, 1.54) is 31.7 Å². The molecule has 2 aliphatic heterocycles. The van der Waals surface area contributed by atoms with Crippen LogP contribution in [0.3, 0.4) is 0 Å². The van der Waals surface area contributed by atoms with E-state index < -0.39 is 34.2 Å². The first-order chi connectivity index (χ1) is 30.6. The topological polar surface area (TPSA) is 138 Å². The summed E-state index contributed by atoms with van der Waals surface area (Å²) in [5.74, 6) is 2.79. The second-order valence-electron chi connectivity index (χ2n) is 14.6. The minimum absolute atomic E-state index is 0. The number of rotatable bonds is 28. The van der Waals surface area contributed by atoms with E-state index in [4.69, 9.17) is 101 Å². The summed E-state index contributed by atoms with van der Waals surface area (Å²) in [6.07, 6.45) is 9.07. The smallest absolute Gasteiger partial charge is 1.00 e. The number of hydrogen-bond donors (Lipinski definition) is 0. The third-order valence-electron chi connectivity index (χ3n) is 8.14. The molecule has 12 nitrogen and oxygen atoms in total. The van der Waals surface area contributed by atoms with Crippen molar-refractivity contribution in [3.05, 3.63) is 14.9 Å². The second kappa shape index (κ2) is 119. The van der Waals surface area contributed by atoms with Crippen LogP contribution < -0.4 is 59.8 Å².